The summed E-state index contributed by atoms with van der Waals surface area (Å²) in [6.07, 6.45) is 0.413. The largest absolute Gasteiger partial charge is 0.359 e. The number of carbonyl (C=O) groups is 2. The first-order valence-electron chi connectivity index (χ1n) is 8.22. The molecule has 138 valence electrons. The molecule has 2 amide bonds. The van der Waals surface area contributed by atoms with Crippen molar-refractivity contribution < 1.29 is 22.9 Å². The lowest BCUT2D eigenvalue weighted by Crippen LogP contribution is -2.41. The van der Waals surface area contributed by atoms with Crippen LogP contribution in [0.4, 0.5) is 20.3 Å². The van der Waals surface area contributed by atoms with Gasteiger partial charge in [-0.3, -0.25) is 14.5 Å². The fraction of sp³-hybridized carbons (Fsp3) is 0.389. The summed E-state index contributed by atoms with van der Waals surface area (Å²) in [5.74, 6) is -2.04. The minimum Gasteiger partial charge on any atom is -0.359 e. The van der Waals surface area contributed by atoms with Gasteiger partial charge in [-0.1, -0.05) is 25.9 Å². The van der Waals surface area contributed by atoms with E-state index in [0.29, 0.717) is 5.76 Å². The van der Waals surface area contributed by atoms with Crippen molar-refractivity contribution >= 4 is 23.3 Å². The van der Waals surface area contributed by atoms with E-state index in [2.05, 4.69) is 10.5 Å². The summed E-state index contributed by atoms with van der Waals surface area (Å²) in [4.78, 5) is 26.0. The Kier molecular flexibility index (Phi) is 4.52. The maximum absolute atomic E-state index is 13.5. The molecule has 1 aromatic heterocycles. The highest BCUT2D eigenvalue weighted by molar-refractivity contribution is 6.07. The number of aromatic nitrogens is 1. The predicted octanol–water partition coefficient (Wildman–Crippen LogP) is 3.38. The summed E-state index contributed by atoms with van der Waals surface area (Å²) in [5, 5.41) is 6.43. The third-order valence-electron chi connectivity index (χ3n) is 4.20. The number of hydrogen-bond donors (Lipinski definition) is 1. The Hall–Kier alpha value is -2.77. The second-order valence-corrected chi connectivity index (χ2v) is 7.23. The molecule has 26 heavy (non-hydrogen) atoms. The summed E-state index contributed by atoms with van der Waals surface area (Å²) in [7, 11) is 0. The molecule has 6 nitrogen and oxygen atoms in total. The monoisotopic (exact) mass is 363 g/mol. The molecule has 1 unspecified atom stereocenters. The van der Waals surface area contributed by atoms with Gasteiger partial charge in [-0.2, -0.15) is 0 Å². The molecule has 2 heterocycles. The molecule has 1 aliphatic rings. The van der Waals surface area contributed by atoms with E-state index in [-0.39, 0.29) is 35.7 Å². The highest BCUT2D eigenvalue weighted by Crippen LogP contribution is 2.29. The average Bonchev–Trinajstić information content (AvgIpc) is 3.16. The standard InChI is InChI=1S/C18H19F2N3O3/c1-18(2,3)14-9-15(22-26-14)21-17(25)13-6-7-16(24)23(13)10-4-5-11(19)12(20)8-10/h4-5,8-9,13H,6-7H2,1-3H3,(H,21,22,25). The minimum atomic E-state index is -1.08. The van der Waals surface area contributed by atoms with E-state index in [1.54, 1.807) is 6.07 Å². The van der Waals surface area contributed by atoms with Gasteiger partial charge in [0, 0.05) is 29.7 Å². The SMILES string of the molecule is CC(C)(C)c1cc(NC(=O)C2CCC(=O)N2c2ccc(F)c(F)c2)no1. The Balaban J connectivity index is 1.80. The van der Waals surface area contributed by atoms with Crippen LogP contribution in [0.2, 0.25) is 0 Å². The van der Waals surface area contributed by atoms with E-state index in [1.165, 1.54) is 11.0 Å². The molecule has 1 saturated heterocycles. The molecular weight excluding hydrogens is 344 g/mol. The van der Waals surface area contributed by atoms with Gasteiger partial charge >= 0.3 is 0 Å². The molecule has 1 aromatic carbocycles. The number of halogens is 2. The van der Waals surface area contributed by atoms with Crippen LogP contribution in [0.5, 0.6) is 0 Å². The van der Waals surface area contributed by atoms with E-state index in [0.717, 1.165) is 12.1 Å². The molecule has 8 heteroatoms. The molecular formula is C18H19F2N3O3. The number of hydrogen-bond acceptors (Lipinski definition) is 4. The van der Waals surface area contributed by atoms with Crippen LogP contribution in [-0.2, 0) is 15.0 Å². The molecule has 0 aliphatic carbocycles. The van der Waals surface area contributed by atoms with Crippen molar-refractivity contribution in [1.29, 1.82) is 0 Å². The average molecular weight is 363 g/mol. The van der Waals surface area contributed by atoms with Crippen molar-refractivity contribution in [2.24, 2.45) is 0 Å². The molecule has 1 atom stereocenters. The fourth-order valence-corrected chi connectivity index (χ4v) is 2.79. The summed E-state index contributed by atoms with van der Waals surface area (Å²) in [5.41, 5.74) is -0.126. The van der Waals surface area contributed by atoms with E-state index >= 15 is 0 Å². The van der Waals surface area contributed by atoms with E-state index in [4.69, 9.17) is 4.52 Å². The number of nitrogens with zero attached hydrogens (tertiary/aromatic N) is 2. The lowest BCUT2D eigenvalue weighted by Gasteiger charge is -2.23. The van der Waals surface area contributed by atoms with Gasteiger partial charge in [0.05, 0.1) is 0 Å². The number of carbonyl (C=O) groups excluding carboxylic acids is 2. The Morgan fingerprint density at radius 2 is 2.00 bits per heavy atom. The minimum absolute atomic E-state index is 0.141. The molecule has 0 bridgehead atoms. The zero-order chi connectivity index (χ0) is 19.1. The Bertz CT molecular complexity index is 858. The normalized spacial score (nSPS) is 17.7. The van der Waals surface area contributed by atoms with Crippen molar-refractivity contribution in [1.82, 2.24) is 5.16 Å². The van der Waals surface area contributed by atoms with Gasteiger partial charge < -0.3 is 9.84 Å². The van der Waals surface area contributed by atoms with Gasteiger partial charge in [0.25, 0.3) is 0 Å². The highest BCUT2D eigenvalue weighted by atomic mass is 19.2. The first kappa shape index (κ1) is 18.0. The van der Waals surface area contributed by atoms with Crippen LogP contribution in [-0.4, -0.2) is 23.0 Å². The quantitative estimate of drug-likeness (QED) is 0.907. The van der Waals surface area contributed by atoms with Gasteiger partial charge in [0.15, 0.2) is 17.5 Å². The van der Waals surface area contributed by atoms with Crippen molar-refractivity contribution in [2.75, 3.05) is 10.2 Å². The molecule has 1 N–H and O–H groups in total. The zero-order valence-electron chi connectivity index (χ0n) is 14.7. The predicted molar refractivity (Wildman–Crippen MR) is 90.7 cm³/mol. The summed E-state index contributed by atoms with van der Waals surface area (Å²) in [6.45, 7) is 5.83. The van der Waals surface area contributed by atoms with Crippen LogP contribution in [0.3, 0.4) is 0 Å². The maximum Gasteiger partial charge on any atom is 0.248 e. The fourth-order valence-electron chi connectivity index (χ4n) is 2.79. The summed E-state index contributed by atoms with van der Waals surface area (Å²) >= 11 is 0. The lowest BCUT2D eigenvalue weighted by atomic mass is 9.93. The number of nitrogens with one attached hydrogen (secondary N) is 1. The van der Waals surface area contributed by atoms with Crippen LogP contribution in [0.1, 0.15) is 39.4 Å². The second-order valence-electron chi connectivity index (χ2n) is 7.23. The maximum atomic E-state index is 13.5. The topological polar surface area (TPSA) is 75.4 Å². The first-order valence-corrected chi connectivity index (χ1v) is 8.22. The summed E-state index contributed by atoms with van der Waals surface area (Å²) in [6, 6.07) is 3.90. The molecule has 0 radical (unpaired) electrons. The Morgan fingerprint density at radius 1 is 1.27 bits per heavy atom. The van der Waals surface area contributed by atoms with Gasteiger partial charge in [0.2, 0.25) is 11.8 Å². The second kappa shape index (κ2) is 6.51. The number of benzene rings is 1. The van der Waals surface area contributed by atoms with Crippen LogP contribution in [0.25, 0.3) is 0 Å². The van der Waals surface area contributed by atoms with Crippen molar-refractivity contribution in [2.45, 2.75) is 45.1 Å². The van der Waals surface area contributed by atoms with Crippen LogP contribution in [0, 0.1) is 11.6 Å². The van der Waals surface area contributed by atoms with Gasteiger partial charge in [-0.15, -0.1) is 0 Å². The van der Waals surface area contributed by atoms with Crippen molar-refractivity contribution in [3.63, 3.8) is 0 Å². The lowest BCUT2D eigenvalue weighted by molar-refractivity contribution is -0.120. The number of anilines is 2. The third-order valence-corrected chi connectivity index (χ3v) is 4.20. The smallest absolute Gasteiger partial charge is 0.248 e. The van der Waals surface area contributed by atoms with Gasteiger partial charge in [-0.25, -0.2) is 8.78 Å². The van der Waals surface area contributed by atoms with Gasteiger partial charge in [0.1, 0.15) is 11.8 Å². The van der Waals surface area contributed by atoms with E-state index < -0.39 is 23.6 Å². The van der Waals surface area contributed by atoms with Crippen molar-refractivity contribution in [3.8, 4) is 0 Å². The first-order chi connectivity index (χ1) is 12.2. The molecule has 2 aromatic rings. The summed E-state index contributed by atoms with van der Waals surface area (Å²) < 4.78 is 31.9. The zero-order valence-corrected chi connectivity index (χ0v) is 14.7. The molecule has 0 spiro atoms. The Labute approximate surface area is 149 Å². The van der Waals surface area contributed by atoms with E-state index in [9.17, 15) is 18.4 Å². The van der Waals surface area contributed by atoms with Crippen molar-refractivity contribution in [3.05, 3.63) is 41.7 Å². The third kappa shape index (κ3) is 3.44. The number of amides is 2. The van der Waals surface area contributed by atoms with Crippen LogP contribution in [0.15, 0.2) is 28.8 Å². The number of rotatable bonds is 3. The molecule has 1 aliphatic heterocycles. The Morgan fingerprint density at radius 3 is 2.62 bits per heavy atom. The highest BCUT2D eigenvalue weighted by Gasteiger charge is 2.38. The molecule has 0 saturated carbocycles. The van der Waals surface area contributed by atoms with Crippen LogP contribution >= 0.6 is 0 Å². The molecule has 3 rings (SSSR count). The van der Waals surface area contributed by atoms with E-state index in [1.807, 2.05) is 20.8 Å². The molecule has 1 fully saturated rings. The van der Waals surface area contributed by atoms with Gasteiger partial charge in [-0.05, 0) is 18.6 Å². The van der Waals surface area contributed by atoms with Crippen LogP contribution < -0.4 is 10.2 Å².